The van der Waals surface area contributed by atoms with Gasteiger partial charge in [-0.2, -0.15) is 4.98 Å². The maximum absolute atomic E-state index is 15.0. The van der Waals surface area contributed by atoms with Gasteiger partial charge in [-0.25, -0.2) is 18.1 Å². The number of morpholine rings is 1. The highest BCUT2D eigenvalue weighted by atomic mass is 32.2. The van der Waals surface area contributed by atoms with Crippen molar-refractivity contribution in [2.45, 2.75) is 119 Å². The molecule has 1 spiro atoms. The molecule has 2 aliphatic carbocycles. The summed E-state index contributed by atoms with van der Waals surface area (Å²) in [4.78, 5) is 51.6. The summed E-state index contributed by atoms with van der Waals surface area (Å²) in [5.41, 5.74) is 6.36. The normalized spacial score (nSPS) is 25.1. The number of piperazine rings is 1. The molecule has 3 aromatic heterocycles. The number of aliphatic hydroxyl groups is 1. The predicted octanol–water partition coefficient (Wildman–Crippen LogP) is 8.25. The Hall–Kier alpha value is -7.28. The number of H-pyrrole nitrogens is 1. The fourth-order valence-electron chi connectivity index (χ4n) is 15.3. The standard InChI is InChI=1S/C64H77N11O11S/c1-40-5-3-4-6-49(40)55-37-70(36-42-28-57(82-2)61(66-35-42)72-22-25-83-26-23-72)20-21-73(55)46-33-64(34-46)15-18-71(19-16-64)45-9-12-50(52(30-45)74-51-14-24-84-39-58(51)86-63-54(74)29-43-13-17-65-60(43)68-63)62(77)69-87(80,81)48-31-53(75(78)79)59-56(32-48)85-38-44(67-59)27-41-7-10-47(76)11-8-41/h3-6,9,12-13,17,28-32,35,41,44,46-47,51,55,58,67,76H,7-8,10-11,14-16,18-27,33-34,36-39H2,1-2H3,(H,65,68)(H,69,77)/t41?,44-,47?,51+,55+,58+/m1/s1. The lowest BCUT2D eigenvalue weighted by Crippen LogP contribution is -2.59. The van der Waals surface area contributed by atoms with Gasteiger partial charge in [0, 0.05) is 107 Å². The molecule has 4 atom stereocenters. The summed E-state index contributed by atoms with van der Waals surface area (Å²) in [5, 5.41) is 26.8. The summed E-state index contributed by atoms with van der Waals surface area (Å²) >= 11 is 0. The van der Waals surface area contributed by atoms with E-state index in [2.05, 4.69) is 76.8 Å². The Bertz CT molecular complexity index is 3670. The van der Waals surface area contributed by atoms with Gasteiger partial charge in [-0.1, -0.05) is 24.3 Å². The highest BCUT2D eigenvalue weighted by Crippen LogP contribution is 2.54. The Morgan fingerprint density at radius 2 is 1.72 bits per heavy atom. The second kappa shape index (κ2) is 23.7. The number of carbonyl (C=O) groups excluding carboxylic acids is 1. The monoisotopic (exact) mass is 1210 g/mol. The molecule has 0 unspecified atom stereocenters. The summed E-state index contributed by atoms with van der Waals surface area (Å²) in [6.45, 7) is 11.3. The summed E-state index contributed by atoms with van der Waals surface area (Å²) < 4.78 is 61.4. The van der Waals surface area contributed by atoms with Crippen molar-refractivity contribution in [3.8, 4) is 17.4 Å². The molecule has 6 aliphatic heterocycles. The number of benzene rings is 3. The molecule has 87 heavy (non-hydrogen) atoms. The van der Waals surface area contributed by atoms with E-state index in [9.17, 15) is 28.4 Å². The Labute approximate surface area is 506 Å². The van der Waals surface area contributed by atoms with Gasteiger partial charge in [-0.15, -0.1) is 0 Å². The third-order valence-electron chi connectivity index (χ3n) is 20.0. The number of methoxy groups -OCH3 is 1. The number of sulfonamides is 1. The molecule has 0 bridgehead atoms. The molecule has 2 saturated carbocycles. The number of nitrogens with zero attached hydrogens (tertiary/aromatic N) is 8. The number of carbonyl (C=O) groups is 1. The first-order valence-electron chi connectivity index (χ1n) is 31.0. The van der Waals surface area contributed by atoms with Crippen LogP contribution in [0.1, 0.15) is 97.3 Å². The molecule has 0 radical (unpaired) electrons. The first kappa shape index (κ1) is 57.5. The zero-order valence-electron chi connectivity index (χ0n) is 49.4. The lowest BCUT2D eigenvalue weighted by atomic mass is 9.59. The number of aliphatic hydroxyl groups excluding tert-OH is 1. The summed E-state index contributed by atoms with van der Waals surface area (Å²) in [5.74, 6) is 1.45. The summed E-state index contributed by atoms with van der Waals surface area (Å²) in [6.07, 6.45) is 11.6. The lowest BCUT2D eigenvalue weighted by Gasteiger charge is -2.58. The number of hydrogen-bond donors (Lipinski definition) is 4. The number of ether oxygens (including phenoxy) is 5. The van der Waals surface area contributed by atoms with Gasteiger partial charge in [0.15, 0.2) is 23.0 Å². The van der Waals surface area contributed by atoms with Crippen molar-refractivity contribution in [3.05, 3.63) is 118 Å². The van der Waals surface area contributed by atoms with Gasteiger partial charge < -0.3 is 53.8 Å². The van der Waals surface area contributed by atoms with E-state index < -0.39 is 37.5 Å². The third-order valence-corrected chi connectivity index (χ3v) is 21.3. The van der Waals surface area contributed by atoms with E-state index in [1.807, 2.05) is 36.7 Å². The van der Waals surface area contributed by atoms with Crippen molar-refractivity contribution in [2.75, 3.05) is 106 Å². The van der Waals surface area contributed by atoms with Crippen molar-refractivity contribution in [3.63, 3.8) is 0 Å². The number of nitrogens with one attached hydrogen (secondary N) is 3. The van der Waals surface area contributed by atoms with Crippen molar-refractivity contribution in [1.82, 2.24) is 29.5 Å². The number of amides is 1. The Balaban J connectivity index is 0.707. The van der Waals surface area contributed by atoms with Crippen LogP contribution in [0.3, 0.4) is 0 Å². The molecule has 8 aliphatic rings. The number of nitro groups is 1. The van der Waals surface area contributed by atoms with E-state index in [1.165, 1.54) is 17.2 Å². The van der Waals surface area contributed by atoms with Crippen molar-refractivity contribution in [1.29, 1.82) is 0 Å². The molecule has 23 heteroatoms. The van der Waals surface area contributed by atoms with Crippen molar-refractivity contribution < 1.29 is 46.9 Å². The van der Waals surface area contributed by atoms with E-state index in [1.54, 1.807) is 13.2 Å². The largest absolute Gasteiger partial charge is 0.493 e. The predicted molar refractivity (Wildman–Crippen MR) is 328 cm³/mol. The number of aromatic amines is 1. The Morgan fingerprint density at radius 1 is 0.908 bits per heavy atom. The molecule has 22 nitrogen and oxygen atoms in total. The van der Waals surface area contributed by atoms with Gasteiger partial charge in [-0.3, -0.25) is 24.7 Å². The van der Waals surface area contributed by atoms with E-state index in [4.69, 9.17) is 33.7 Å². The number of nitro benzene ring substituents is 1. The van der Waals surface area contributed by atoms with Gasteiger partial charge >= 0.3 is 0 Å². The topological polar surface area (TPSA) is 243 Å². The van der Waals surface area contributed by atoms with Crippen LogP contribution in [-0.2, 0) is 26.0 Å². The quantitative estimate of drug-likeness (QED) is 0.0592. The highest BCUT2D eigenvalue weighted by Gasteiger charge is 2.50. The molecular weight excluding hydrogens is 1130 g/mol. The molecule has 460 valence electrons. The fourth-order valence-corrected chi connectivity index (χ4v) is 16.3. The number of hydrogen-bond acceptors (Lipinski definition) is 19. The Morgan fingerprint density at radius 3 is 2.52 bits per heavy atom. The van der Waals surface area contributed by atoms with Crippen LogP contribution in [0, 0.1) is 28.4 Å². The van der Waals surface area contributed by atoms with Crippen LogP contribution < -0.4 is 38.9 Å². The zero-order valence-corrected chi connectivity index (χ0v) is 50.2. The van der Waals surface area contributed by atoms with Gasteiger partial charge in [0.1, 0.15) is 24.0 Å². The van der Waals surface area contributed by atoms with Gasteiger partial charge in [0.25, 0.3) is 21.6 Å². The van der Waals surface area contributed by atoms with Crippen LogP contribution in [0.15, 0.2) is 90.1 Å². The smallest absolute Gasteiger partial charge is 0.297 e. The molecule has 6 fully saturated rings. The van der Waals surface area contributed by atoms with Gasteiger partial charge in [0.2, 0.25) is 5.88 Å². The van der Waals surface area contributed by atoms with Gasteiger partial charge in [-0.05, 0) is 136 Å². The first-order valence-corrected chi connectivity index (χ1v) is 32.5. The molecule has 9 heterocycles. The van der Waals surface area contributed by atoms with Crippen LogP contribution in [0.4, 0.5) is 34.3 Å². The second-order valence-electron chi connectivity index (χ2n) is 25.3. The van der Waals surface area contributed by atoms with E-state index in [0.29, 0.717) is 80.4 Å². The molecule has 3 aromatic carbocycles. The minimum Gasteiger partial charge on any atom is -0.493 e. The van der Waals surface area contributed by atoms with Crippen LogP contribution >= 0.6 is 0 Å². The summed E-state index contributed by atoms with van der Waals surface area (Å²) in [6, 6.07) is 22.8. The minimum absolute atomic E-state index is 0.0136. The third kappa shape index (κ3) is 11.4. The number of rotatable bonds is 14. The molecule has 4 saturated heterocycles. The molecule has 14 rings (SSSR count). The Kier molecular flexibility index (Phi) is 15.6. The number of anilines is 5. The average molecular weight is 1210 g/mol. The second-order valence-corrected chi connectivity index (χ2v) is 27.0. The minimum atomic E-state index is -4.73. The fraction of sp³-hybridized carbons (Fsp3) is 0.516. The highest BCUT2D eigenvalue weighted by molar-refractivity contribution is 7.90. The van der Waals surface area contributed by atoms with Crippen LogP contribution in [-0.4, -0.2) is 165 Å². The summed E-state index contributed by atoms with van der Waals surface area (Å²) in [7, 11) is -3.01. The molecule has 4 N–H and O–H groups in total. The SMILES string of the molecule is COc1cc(CN2CCN(C3CC4(CCN(c5ccc(C(=O)NS(=O)(=O)c6cc7c(c([N+](=O)[O-])c6)N[C@H](CC6CCC(O)CC6)CO7)c(N6c7cc8cc[nH]c8nc7O[C@H]7COCC[C@@H]76)c5)CC4)C3)[C@H](c3ccccc3C)C2)cnc1N1CCOCC1. The number of piperidine rings is 1. The number of aryl methyl sites for hydroxylation is 1. The van der Waals surface area contributed by atoms with Gasteiger partial charge in [0.05, 0.1) is 66.2 Å². The maximum atomic E-state index is 15.0. The van der Waals surface area contributed by atoms with Crippen LogP contribution in [0.25, 0.3) is 11.0 Å². The maximum Gasteiger partial charge on any atom is 0.297 e. The van der Waals surface area contributed by atoms with E-state index in [0.717, 1.165) is 125 Å². The lowest BCUT2D eigenvalue weighted by molar-refractivity contribution is -0.384. The average Bonchev–Trinajstić information content (AvgIpc) is 1.96. The van der Waals surface area contributed by atoms with E-state index >= 15 is 0 Å². The number of aromatic nitrogens is 3. The van der Waals surface area contributed by atoms with Crippen molar-refractivity contribution >= 4 is 61.2 Å². The van der Waals surface area contributed by atoms with Crippen molar-refractivity contribution in [2.24, 2.45) is 11.3 Å². The van der Waals surface area contributed by atoms with E-state index in [-0.39, 0.29) is 59.9 Å². The first-order chi connectivity index (χ1) is 42.2. The molecule has 6 aromatic rings. The number of pyridine rings is 2. The zero-order chi connectivity index (χ0) is 59.6. The molecular formula is C64H77N11O11S. The van der Waals surface area contributed by atoms with Crippen LogP contribution in [0.2, 0.25) is 0 Å². The molecule has 1 amide bonds. The number of fused-ring (bicyclic) bond motifs is 4. The van der Waals surface area contributed by atoms with Crippen LogP contribution in [0.5, 0.6) is 17.4 Å².